The van der Waals surface area contributed by atoms with Gasteiger partial charge in [0.15, 0.2) is 0 Å². The molecule has 0 aromatic heterocycles. The highest BCUT2D eigenvalue weighted by atomic mass is 79.9. The van der Waals surface area contributed by atoms with Gasteiger partial charge in [-0.3, -0.25) is 0 Å². The first-order valence-corrected chi connectivity index (χ1v) is 8.35. The summed E-state index contributed by atoms with van der Waals surface area (Å²) in [5.41, 5.74) is 6.20. The summed E-state index contributed by atoms with van der Waals surface area (Å²) >= 11 is 7.87. The van der Waals surface area contributed by atoms with Gasteiger partial charge in [0.1, 0.15) is 0 Å². The number of halogens is 2. The van der Waals surface area contributed by atoms with E-state index in [1.165, 1.54) is 0 Å². The van der Waals surface area contributed by atoms with Crippen LogP contribution in [0.25, 0.3) is 0 Å². The third-order valence-electron chi connectivity index (χ3n) is 5.22. The van der Waals surface area contributed by atoms with Crippen molar-refractivity contribution < 1.29 is 0 Å². The molecule has 6 rings (SSSR count). The average molecular weight is 376 g/mol. The Morgan fingerprint density at radius 3 is 1.26 bits per heavy atom. The summed E-state index contributed by atoms with van der Waals surface area (Å²) in [5.74, 6) is 2.51. The first-order chi connectivity index (χ1) is 9.21. The second-order valence-corrected chi connectivity index (χ2v) is 9.63. The predicted octanol–water partition coefficient (Wildman–Crippen LogP) is 5.01. The van der Waals surface area contributed by atoms with Crippen molar-refractivity contribution in [2.45, 2.75) is 15.1 Å². The van der Waals surface area contributed by atoms with Crippen LogP contribution in [-0.2, 0) is 0 Å². The Bertz CT molecular complexity index is 598. The molecule has 0 radical (unpaired) electrons. The molecule has 4 aliphatic rings. The van der Waals surface area contributed by atoms with Crippen molar-refractivity contribution in [1.29, 1.82) is 0 Å². The third-order valence-corrected chi connectivity index (χ3v) is 7.33. The van der Waals surface area contributed by atoms with Crippen LogP contribution in [-0.4, -0.2) is 3.23 Å². The number of benzene rings is 2. The lowest BCUT2D eigenvalue weighted by Crippen LogP contribution is -2.26. The van der Waals surface area contributed by atoms with Gasteiger partial charge in [0.2, 0.25) is 0 Å². The SMILES string of the molecule is BrC1(Br)C2C3c4ccccc4C(c4ccccc43)C21. The maximum atomic E-state index is 3.93. The molecule has 2 atom stereocenters. The first kappa shape index (κ1) is 11.1. The van der Waals surface area contributed by atoms with E-state index in [9.17, 15) is 0 Å². The molecule has 0 amide bonds. The highest BCUT2D eigenvalue weighted by Crippen LogP contribution is 2.78. The van der Waals surface area contributed by atoms with E-state index >= 15 is 0 Å². The quantitative estimate of drug-likeness (QED) is 0.568. The Labute approximate surface area is 129 Å². The summed E-state index contributed by atoms with van der Waals surface area (Å²) in [4.78, 5) is 0. The summed E-state index contributed by atoms with van der Waals surface area (Å²) in [6.45, 7) is 0. The number of hydrogen-bond acceptors (Lipinski definition) is 0. The lowest BCUT2D eigenvalue weighted by molar-refractivity contribution is 0.491. The molecule has 2 aromatic rings. The summed E-state index contributed by atoms with van der Waals surface area (Å²) in [6.07, 6.45) is 0. The van der Waals surface area contributed by atoms with Crippen molar-refractivity contribution in [3.05, 3.63) is 70.8 Å². The summed E-state index contributed by atoms with van der Waals surface area (Å²) in [7, 11) is 0. The molecule has 2 unspecified atom stereocenters. The maximum absolute atomic E-state index is 3.93. The highest BCUT2D eigenvalue weighted by Gasteiger charge is 2.72. The normalized spacial score (nSPS) is 35.3. The average Bonchev–Trinajstić information content (AvgIpc) is 3.03. The molecule has 2 heteroatoms. The molecule has 0 heterocycles. The molecule has 19 heavy (non-hydrogen) atoms. The fourth-order valence-electron chi connectivity index (χ4n) is 4.50. The minimum absolute atomic E-state index is 0.132. The highest BCUT2D eigenvalue weighted by molar-refractivity contribution is 9.25. The molecule has 0 spiro atoms. The van der Waals surface area contributed by atoms with Gasteiger partial charge >= 0.3 is 0 Å². The molecule has 2 bridgehead atoms. The zero-order valence-corrected chi connectivity index (χ0v) is 13.4. The van der Waals surface area contributed by atoms with Gasteiger partial charge in [-0.05, 0) is 22.3 Å². The van der Waals surface area contributed by atoms with E-state index in [2.05, 4.69) is 80.4 Å². The lowest BCUT2D eigenvalue weighted by Gasteiger charge is -2.39. The van der Waals surface area contributed by atoms with Crippen molar-refractivity contribution >= 4 is 31.9 Å². The molecule has 0 aliphatic heterocycles. The van der Waals surface area contributed by atoms with E-state index in [0.29, 0.717) is 23.7 Å². The smallest absolute Gasteiger partial charge is 0.0720 e. The van der Waals surface area contributed by atoms with Crippen LogP contribution in [0.4, 0.5) is 0 Å². The molecule has 0 saturated heterocycles. The molecule has 94 valence electrons. The third kappa shape index (κ3) is 1.17. The molecular weight excluding hydrogens is 364 g/mol. The summed E-state index contributed by atoms with van der Waals surface area (Å²) in [6, 6.07) is 18.0. The largest absolute Gasteiger partial charge is 0.0887 e. The van der Waals surface area contributed by atoms with Gasteiger partial charge in [0.05, 0.1) is 3.23 Å². The zero-order valence-electron chi connectivity index (χ0n) is 10.2. The van der Waals surface area contributed by atoms with E-state index in [1.54, 1.807) is 22.3 Å². The lowest BCUT2D eigenvalue weighted by atomic mass is 9.64. The molecule has 1 saturated carbocycles. The zero-order chi connectivity index (χ0) is 12.8. The fourth-order valence-corrected chi connectivity index (χ4v) is 6.43. The van der Waals surface area contributed by atoms with Gasteiger partial charge in [0, 0.05) is 23.7 Å². The first-order valence-electron chi connectivity index (χ1n) is 6.76. The van der Waals surface area contributed by atoms with Crippen LogP contribution in [0.5, 0.6) is 0 Å². The minimum Gasteiger partial charge on any atom is -0.0720 e. The molecule has 0 nitrogen and oxygen atoms in total. The molecule has 2 aromatic carbocycles. The Kier molecular flexibility index (Phi) is 1.96. The van der Waals surface area contributed by atoms with Crippen LogP contribution in [0.2, 0.25) is 0 Å². The van der Waals surface area contributed by atoms with Crippen molar-refractivity contribution in [2.24, 2.45) is 11.8 Å². The van der Waals surface area contributed by atoms with E-state index in [-0.39, 0.29) is 3.23 Å². The Morgan fingerprint density at radius 1 is 0.632 bits per heavy atom. The van der Waals surface area contributed by atoms with Gasteiger partial charge in [0.25, 0.3) is 0 Å². The number of alkyl halides is 2. The van der Waals surface area contributed by atoms with Gasteiger partial charge in [-0.25, -0.2) is 0 Å². The van der Waals surface area contributed by atoms with E-state index < -0.39 is 0 Å². The van der Waals surface area contributed by atoms with Gasteiger partial charge in [-0.2, -0.15) is 0 Å². The van der Waals surface area contributed by atoms with Crippen molar-refractivity contribution in [1.82, 2.24) is 0 Å². The maximum Gasteiger partial charge on any atom is 0.0887 e. The molecular formula is C17H12Br2. The van der Waals surface area contributed by atoms with Gasteiger partial charge < -0.3 is 0 Å². The van der Waals surface area contributed by atoms with Gasteiger partial charge in [-0.1, -0.05) is 80.4 Å². The molecule has 1 fully saturated rings. The Morgan fingerprint density at radius 2 is 0.947 bits per heavy atom. The van der Waals surface area contributed by atoms with Gasteiger partial charge in [-0.15, -0.1) is 0 Å². The Hall–Kier alpha value is -0.600. The van der Waals surface area contributed by atoms with Crippen LogP contribution >= 0.6 is 31.9 Å². The van der Waals surface area contributed by atoms with Crippen LogP contribution in [0, 0.1) is 11.8 Å². The van der Waals surface area contributed by atoms with Crippen molar-refractivity contribution in [3.63, 3.8) is 0 Å². The number of hydrogen-bond donors (Lipinski definition) is 0. The monoisotopic (exact) mass is 374 g/mol. The summed E-state index contributed by atoms with van der Waals surface area (Å²) in [5, 5.41) is 0. The van der Waals surface area contributed by atoms with Crippen LogP contribution in [0.1, 0.15) is 34.1 Å². The van der Waals surface area contributed by atoms with Crippen LogP contribution < -0.4 is 0 Å². The molecule has 4 aliphatic carbocycles. The van der Waals surface area contributed by atoms with Crippen LogP contribution in [0.3, 0.4) is 0 Å². The minimum atomic E-state index is 0.132. The van der Waals surface area contributed by atoms with E-state index in [4.69, 9.17) is 0 Å². The summed E-state index contributed by atoms with van der Waals surface area (Å²) < 4.78 is 0.132. The standard InChI is InChI=1S/C17H12Br2/c18-17(19)15-13-9-5-1-2-6-10(9)14(16(15)17)12-8-4-3-7-11(12)13/h1-8,13-16H. The van der Waals surface area contributed by atoms with Crippen molar-refractivity contribution in [2.75, 3.05) is 0 Å². The van der Waals surface area contributed by atoms with Crippen molar-refractivity contribution in [3.8, 4) is 0 Å². The fraction of sp³-hybridized carbons (Fsp3) is 0.294. The Balaban J connectivity index is 1.86. The molecule has 0 N–H and O–H groups in total. The second-order valence-electron chi connectivity index (χ2n) is 5.94. The number of rotatable bonds is 0. The van der Waals surface area contributed by atoms with E-state index in [1.807, 2.05) is 0 Å². The predicted molar refractivity (Wildman–Crippen MR) is 84.1 cm³/mol. The second kappa shape index (κ2) is 3.35. The topological polar surface area (TPSA) is 0 Å². The van der Waals surface area contributed by atoms with E-state index in [0.717, 1.165) is 0 Å². The van der Waals surface area contributed by atoms with Crippen LogP contribution in [0.15, 0.2) is 48.5 Å².